The summed E-state index contributed by atoms with van der Waals surface area (Å²) in [4.78, 5) is 23.2. The van der Waals surface area contributed by atoms with Gasteiger partial charge < -0.3 is 15.2 Å². The van der Waals surface area contributed by atoms with Crippen LogP contribution < -0.4 is 5.32 Å². The van der Waals surface area contributed by atoms with E-state index in [1.165, 1.54) is 0 Å². The zero-order valence-electron chi connectivity index (χ0n) is 10.8. The topological polar surface area (TPSA) is 75.6 Å². The number of aromatic hydroxyl groups is 1. The lowest BCUT2D eigenvalue weighted by Gasteiger charge is -2.25. The maximum Gasteiger partial charge on any atom is 0.342 e. The fourth-order valence-electron chi connectivity index (χ4n) is 2.18. The van der Waals surface area contributed by atoms with E-state index in [2.05, 4.69) is 11.9 Å². The molecule has 0 bridgehead atoms. The Morgan fingerprint density at radius 3 is 2.95 bits per heavy atom. The SMILES string of the molecule is C=CC(=O)Nc1cc(C)c2c(c1O)C(=O)O[C@H](C)C2. The summed E-state index contributed by atoms with van der Waals surface area (Å²) in [6.45, 7) is 6.96. The van der Waals surface area contributed by atoms with E-state index in [1.54, 1.807) is 13.0 Å². The Morgan fingerprint density at radius 1 is 1.63 bits per heavy atom. The standard InChI is InChI=1S/C14H15NO4/c1-4-11(16)15-10-5-7(2)9-6-8(3)19-14(18)12(9)13(10)17/h4-5,8,17H,1,6H2,2-3H3,(H,15,16)/t8-/m1/s1. The van der Waals surface area contributed by atoms with Crippen LogP contribution >= 0.6 is 0 Å². The average molecular weight is 261 g/mol. The number of carbonyl (C=O) groups excluding carboxylic acids is 2. The van der Waals surface area contributed by atoms with Gasteiger partial charge in [-0.3, -0.25) is 4.79 Å². The van der Waals surface area contributed by atoms with Crippen molar-refractivity contribution in [3.8, 4) is 5.75 Å². The van der Waals surface area contributed by atoms with Crippen molar-refractivity contribution in [2.24, 2.45) is 0 Å². The minimum Gasteiger partial charge on any atom is -0.505 e. The molecular formula is C14H15NO4. The minimum absolute atomic E-state index is 0.137. The summed E-state index contributed by atoms with van der Waals surface area (Å²) < 4.78 is 5.10. The second-order valence-electron chi connectivity index (χ2n) is 4.56. The number of carbonyl (C=O) groups is 2. The molecule has 0 aromatic heterocycles. The van der Waals surface area contributed by atoms with Crippen LogP contribution in [0.1, 0.15) is 28.4 Å². The number of rotatable bonds is 2. The lowest BCUT2D eigenvalue weighted by molar-refractivity contribution is -0.111. The molecule has 0 fully saturated rings. The van der Waals surface area contributed by atoms with E-state index in [9.17, 15) is 14.7 Å². The molecule has 2 N–H and O–H groups in total. The van der Waals surface area contributed by atoms with Crippen LogP contribution in [0.15, 0.2) is 18.7 Å². The quantitative estimate of drug-likeness (QED) is 0.484. The molecule has 1 aromatic rings. The second kappa shape index (κ2) is 4.76. The zero-order chi connectivity index (χ0) is 14.2. The Kier molecular flexibility index (Phi) is 3.29. The van der Waals surface area contributed by atoms with Crippen LogP contribution in [-0.4, -0.2) is 23.1 Å². The number of hydrogen-bond acceptors (Lipinski definition) is 4. The fourth-order valence-corrected chi connectivity index (χ4v) is 2.18. The van der Waals surface area contributed by atoms with Gasteiger partial charge in [-0.25, -0.2) is 4.79 Å². The summed E-state index contributed by atoms with van der Waals surface area (Å²) in [6.07, 6.45) is 1.43. The first-order valence-corrected chi connectivity index (χ1v) is 5.94. The van der Waals surface area contributed by atoms with Crippen LogP contribution in [0.25, 0.3) is 0 Å². The van der Waals surface area contributed by atoms with E-state index in [4.69, 9.17) is 4.74 Å². The Hall–Kier alpha value is -2.30. The van der Waals surface area contributed by atoms with Crippen LogP contribution in [-0.2, 0) is 16.0 Å². The normalized spacial score (nSPS) is 17.4. The summed E-state index contributed by atoms with van der Waals surface area (Å²) in [6, 6.07) is 1.64. The number of anilines is 1. The molecule has 100 valence electrons. The van der Waals surface area contributed by atoms with Gasteiger partial charge in [-0.15, -0.1) is 0 Å². The molecular weight excluding hydrogens is 246 g/mol. The Labute approximate surface area is 110 Å². The highest BCUT2D eigenvalue weighted by molar-refractivity contribution is 6.03. The van der Waals surface area contributed by atoms with Gasteiger partial charge in [-0.2, -0.15) is 0 Å². The summed E-state index contributed by atoms with van der Waals surface area (Å²) in [7, 11) is 0. The van der Waals surface area contributed by atoms with Crippen molar-refractivity contribution in [3.05, 3.63) is 35.4 Å². The predicted octanol–water partition coefficient (Wildman–Crippen LogP) is 1.93. The lowest BCUT2D eigenvalue weighted by atomic mass is 9.93. The third kappa shape index (κ3) is 2.31. The lowest BCUT2D eigenvalue weighted by Crippen LogP contribution is -2.26. The molecule has 5 heteroatoms. The first-order chi connectivity index (χ1) is 8.93. The van der Waals surface area contributed by atoms with Gasteiger partial charge in [-0.1, -0.05) is 6.58 Å². The molecule has 1 aliphatic rings. The maximum absolute atomic E-state index is 11.9. The minimum atomic E-state index is -0.566. The van der Waals surface area contributed by atoms with E-state index in [1.807, 2.05) is 6.92 Å². The molecule has 0 unspecified atom stereocenters. The number of fused-ring (bicyclic) bond motifs is 1. The summed E-state index contributed by atoms with van der Waals surface area (Å²) >= 11 is 0. The van der Waals surface area contributed by atoms with Gasteiger partial charge in [0.2, 0.25) is 5.91 Å². The molecule has 2 rings (SSSR count). The first kappa shape index (κ1) is 13.1. The van der Waals surface area contributed by atoms with E-state index >= 15 is 0 Å². The van der Waals surface area contributed by atoms with E-state index in [-0.39, 0.29) is 23.1 Å². The second-order valence-corrected chi connectivity index (χ2v) is 4.56. The summed E-state index contributed by atoms with van der Waals surface area (Å²) in [5, 5.41) is 12.6. The van der Waals surface area contributed by atoms with Gasteiger partial charge in [0.25, 0.3) is 0 Å². The van der Waals surface area contributed by atoms with Crippen LogP contribution in [0, 0.1) is 6.92 Å². The Morgan fingerprint density at radius 2 is 2.32 bits per heavy atom. The third-order valence-electron chi connectivity index (χ3n) is 3.08. The largest absolute Gasteiger partial charge is 0.505 e. The van der Waals surface area contributed by atoms with Gasteiger partial charge in [-0.05, 0) is 37.1 Å². The van der Waals surface area contributed by atoms with Crippen molar-refractivity contribution in [1.82, 2.24) is 0 Å². The molecule has 1 heterocycles. The molecule has 1 aliphatic heterocycles. The number of esters is 1. The predicted molar refractivity (Wildman–Crippen MR) is 70.3 cm³/mol. The highest BCUT2D eigenvalue weighted by Gasteiger charge is 2.30. The molecule has 0 saturated carbocycles. The first-order valence-electron chi connectivity index (χ1n) is 5.94. The van der Waals surface area contributed by atoms with E-state index < -0.39 is 11.9 Å². The molecule has 0 aliphatic carbocycles. The average Bonchev–Trinajstić information content (AvgIpc) is 2.34. The number of benzene rings is 1. The fraction of sp³-hybridized carbons (Fsp3) is 0.286. The highest BCUT2D eigenvalue weighted by Crippen LogP contribution is 2.37. The van der Waals surface area contributed by atoms with Gasteiger partial charge in [0, 0.05) is 6.42 Å². The molecule has 0 saturated heterocycles. The van der Waals surface area contributed by atoms with Crippen LogP contribution in [0.2, 0.25) is 0 Å². The van der Waals surface area contributed by atoms with Crippen molar-refractivity contribution >= 4 is 17.6 Å². The number of hydrogen-bond donors (Lipinski definition) is 2. The molecule has 0 spiro atoms. The Balaban J connectivity index is 2.54. The monoisotopic (exact) mass is 261 g/mol. The van der Waals surface area contributed by atoms with Gasteiger partial charge in [0.1, 0.15) is 11.7 Å². The smallest absolute Gasteiger partial charge is 0.342 e. The molecule has 1 atom stereocenters. The molecule has 5 nitrogen and oxygen atoms in total. The molecule has 1 aromatic carbocycles. The number of amides is 1. The van der Waals surface area contributed by atoms with Crippen molar-refractivity contribution in [1.29, 1.82) is 0 Å². The number of aryl methyl sites for hydroxylation is 1. The van der Waals surface area contributed by atoms with Crippen molar-refractivity contribution < 1.29 is 19.4 Å². The maximum atomic E-state index is 11.9. The van der Waals surface area contributed by atoms with E-state index in [0.717, 1.165) is 17.2 Å². The third-order valence-corrected chi connectivity index (χ3v) is 3.08. The molecule has 1 amide bonds. The number of ether oxygens (including phenoxy) is 1. The number of phenolic OH excluding ortho intramolecular Hbond substituents is 1. The molecule has 0 radical (unpaired) electrons. The van der Waals surface area contributed by atoms with Gasteiger partial charge >= 0.3 is 5.97 Å². The summed E-state index contributed by atoms with van der Waals surface area (Å²) in [5.74, 6) is -1.27. The zero-order valence-corrected chi connectivity index (χ0v) is 10.8. The van der Waals surface area contributed by atoms with Crippen LogP contribution in [0.4, 0.5) is 5.69 Å². The van der Waals surface area contributed by atoms with Crippen molar-refractivity contribution in [2.75, 3.05) is 5.32 Å². The van der Waals surface area contributed by atoms with Crippen molar-refractivity contribution in [2.45, 2.75) is 26.4 Å². The van der Waals surface area contributed by atoms with Crippen LogP contribution in [0.5, 0.6) is 5.75 Å². The highest BCUT2D eigenvalue weighted by atomic mass is 16.5. The molecule has 19 heavy (non-hydrogen) atoms. The van der Waals surface area contributed by atoms with Crippen molar-refractivity contribution in [3.63, 3.8) is 0 Å². The van der Waals surface area contributed by atoms with Gasteiger partial charge in [0.15, 0.2) is 5.75 Å². The number of nitrogens with one attached hydrogen (secondary N) is 1. The number of phenols is 1. The number of cyclic esters (lactones) is 1. The Bertz CT molecular complexity index is 577. The van der Waals surface area contributed by atoms with Crippen LogP contribution in [0.3, 0.4) is 0 Å². The van der Waals surface area contributed by atoms with Gasteiger partial charge in [0.05, 0.1) is 5.69 Å². The summed E-state index contributed by atoms with van der Waals surface area (Å²) in [5.41, 5.74) is 1.92. The van der Waals surface area contributed by atoms with E-state index in [0.29, 0.717) is 6.42 Å².